The Bertz CT molecular complexity index is 377. The van der Waals surface area contributed by atoms with Crippen LogP contribution in [0.2, 0.25) is 0 Å². The highest BCUT2D eigenvalue weighted by molar-refractivity contribution is 5.94. The van der Waals surface area contributed by atoms with Crippen molar-refractivity contribution in [3.05, 3.63) is 29.8 Å². The third-order valence-electron chi connectivity index (χ3n) is 2.23. The molecule has 0 bridgehead atoms. The number of aliphatic hydroxyl groups is 1. The fraction of sp³-hybridized carbons (Fsp3) is 0.462. The molecule has 0 radical (unpaired) electrons. The van der Waals surface area contributed by atoms with Gasteiger partial charge in [0.1, 0.15) is 5.75 Å². The van der Waals surface area contributed by atoms with Crippen molar-refractivity contribution in [3.63, 3.8) is 0 Å². The molecule has 4 nitrogen and oxygen atoms in total. The normalized spacial score (nSPS) is 10.4. The second kappa shape index (κ2) is 6.25. The third-order valence-corrected chi connectivity index (χ3v) is 2.23. The molecule has 1 aromatic rings. The van der Waals surface area contributed by atoms with E-state index in [0.717, 1.165) is 0 Å². The molecule has 0 aliphatic heterocycles. The fourth-order valence-corrected chi connectivity index (χ4v) is 1.45. The monoisotopic (exact) mass is 237 g/mol. The zero-order chi connectivity index (χ0) is 12.8. The first-order valence-corrected chi connectivity index (χ1v) is 5.67. The van der Waals surface area contributed by atoms with Gasteiger partial charge in [0.25, 0.3) is 5.91 Å². The molecule has 0 saturated carbocycles. The smallest absolute Gasteiger partial charge is 0.253 e. The van der Waals surface area contributed by atoms with Crippen LogP contribution in [0.4, 0.5) is 0 Å². The van der Waals surface area contributed by atoms with Crippen molar-refractivity contribution in [3.8, 4) is 5.75 Å². The van der Waals surface area contributed by atoms with Crippen LogP contribution in [-0.4, -0.2) is 42.2 Å². The lowest BCUT2D eigenvalue weighted by atomic mass is 10.2. The van der Waals surface area contributed by atoms with Crippen molar-refractivity contribution in [2.24, 2.45) is 0 Å². The Balaban J connectivity index is 2.80. The minimum absolute atomic E-state index is 0.0373. The second-order valence-corrected chi connectivity index (χ2v) is 4.14. The van der Waals surface area contributed by atoms with E-state index in [2.05, 4.69) is 0 Å². The second-order valence-electron chi connectivity index (χ2n) is 4.14. The Morgan fingerprint density at radius 1 is 1.47 bits per heavy atom. The Morgan fingerprint density at radius 2 is 2.18 bits per heavy atom. The number of hydrogen-bond donors (Lipinski definition) is 1. The van der Waals surface area contributed by atoms with Gasteiger partial charge in [0, 0.05) is 19.2 Å². The number of carbonyl (C=O) groups is 1. The molecule has 1 aromatic carbocycles. The number of ether oxygens (including phenoxy) is 1. The average molecular weight is 237 g/mol. The number of benzene rings is 1. The molecule has 1 rings (SSSR count). The van der Waals surface area contributed by atoms with Crippen molar-refractivity contribution in [2.45, 2.75) is 20.0 Å². The van der Waals surface area contributed by atoms with Crippen molar-refractivity contribution in [1.82, 2.24) is 4.90 Å². The summed E-state index contributed by atoms with van der Waals surface area (Å²) >= 11 is 0. The van der Waals surface area contributed by atoms with Gasteiger partial charge >= 0.3 is 0 Å². The van der Waals surface area contributed by atoms with Gasteiger partial charge in [-0.25, -0.2) is 0 Å². The van der Waals surface area contributed by atoms with Crippen LogP contribution >= 0.6 is 0 Å². The minimum atomic E-state index is -0.117. The van der Waals surface area contributed by atoms with E-state index in [1.165, 1.54) is 4.90 Å². The topological polar surface area (TPSA) is 49.8 Å². The number of aliphatic hydroxyl groups excluding tert-OH is 1. The highest BCUT2D eigenvalue weighted by atomic mass is 16.5. The lowest BCUT2D eigenvalue weighted by Crippen LogP contribution is -2.29. The van der Waals surface area contributed by atoms with Crippen molar-refractivity contribution in [1.29, 1.82) is 0 Å². The van der Waals surface area contributed by atoms with Crippen LogP contribution in [0.5, 0.6) is 5.75 Å². The van der Waals surface area contributed by atoms with Crippen LogP contribution in [-0.2, 0) is 0 Å². The molecule has 0 saturated heterocycles. The predicted molar refractivity (Wildman–Crippen MR) is 66.3 cm³/mol. The van der Waals surface area contributed by atoms with Crippen molar-refractivity contribution in [2.75, 3.05) is 20.2 Å². The van der Waals surface area contributed by atoms with Crippen LogP contribution < -0.4 is 4.74 Å². The van der Waals surface area contributed by atoms with Gasteiger partial charge in [0.15, 0.2) is 0 Å². The molecule has 0 fully saturated rings. The molecule has 0 aromatic heterocycles. The minimum Gasteiger partial charge on any atom is -0.491 e. The van der Waals surface area contributed by atoms with Crippen molar-refractivity contribution >= 4 is 5.91 Å². The number of nitrogens with zero attached hydrogens (tertiary/aromatic N) is 1. The predicted octanol–water partition coefficient (Wildman–Crippen LogP) is 1.54. The molecule has 1 N–H and O–H groups in total. The van der Waals surface area contributed by atoms with E-state index < -0.39 is 0 Å². The summed E-state index contributed by atoms with van der Waals surface area (Å²) in [4.78, 5) is 13.4. The number of hydrogen-bond acceptors (Lipinski definition) is 3. The maximum atomic E-state index is 11.9. The molecule has 0 atom stereocenters. The van der Waals surface area contributed by atoms with Crippen LogP contribution in [0.15, 0.2) is 24.3 Å². The van der Waals surface area contributed by atoms with Gasteiger partial charge in [0.2, 0.25) is 0 Å². The summed E-state index contributed by atoms with van der Waals surface area (Å²) in [6, 6.07) is 7.07. The quantitative estimate of drug-likeness (QED) is 0.845. The van der Waals surface area contributed by atoms with E-state index in [1.54, 1.807) is 25.2 Å². The fourth-order valence-electron chi connectivity index (χ4n) is 1.45. The first-order chi connectivity index (χ1) is 8.04. The van der Waals surface area contributed by atoms with Gasteiger partial charge in [-0.2, -0.15) is 0 Å². The van der Waals surface area contributed by atoms with E-state index in [0.29, 0.717) is 17.9 Å². The van der Waals surface area contributed by atoms with E-state index in [4.69, 9.17) is 9.84 Å². The maximum Gasteiger partial charge on any atom is 0.253 e. The van der Waals surface area contributed by atoms with E-state index >= 15 is 0 Å². The first kappa shape index (κ1) is 13.5. The van der Waals surface area contributed by atoms with Crippen LogP contribution in [0.25, 0.3) is 0 Å². The van der Waals surface area contributed by atoms with Gasteiger partial charge in [-0.1, -0.05) is 6.07 Å². The summed E-state index contributed by atoms with van der Waals surface area (Å²) in [5.74, 6) is 0.566. The molecule has 0 aliphatic rings. The van der Waals surface area contributed by atoms with Gasteiger partial charge in [-0.15, -0.1) is 0 Å². The third kappa shape index (κ3) is 4.07. The molecule has 0 heterocycles. The number of rotatable bonds is 5. The molecule has 0 spiro atoms. The molecule has 0 aliphatic carbocycles. The van der Waals surface area contributed by atoms with Crippen LogP contribution in [0.1, 0.15) is 24.2 Å². The lowest BCUT2D eigenvalue weighted by Gasteiger charge is -2.16. The highest BCUT2D eigenvalue weighted by Crippen LogP contribution is 2.15. The summed E-state index contributed by atoms with van der Waals surface area (Å²) in [5, 5.41) is 8.79. The van der Waals surface area contributed by atoms with E-state index in [1.807, 2.05) is 19.9 Å². The summed E-state index contributed by atoms with van der Waals surface area (Å²) in [6.45, 7) is 4.16. The van der Waals surface area contributed by atoms with Crippen LogP contribution in [0, 0.1) is 0 Å². The molecule has 17 heavy (non-hydrogen) atoms. The SMILES string of the molecule is CC(C)Oc1cccc(C(=O)N(C)CCO)c1. The van der Waals surface area contributed by atoms with Gasteiger partial charge in [0.05, 0.1) is 12.7 Å². The largest absolute Gasteiger partial charge is 0.491 e. The number of amides is 1. The Kier molecular flexibility index (Phi) is 4.97. The van der Waals surface area contributed by atoms with Gasteiger partial charge in [-0.3, -0.25) is 4.79 Å². The molecule has 94 valence electrons. The zero-order valence-electron chi connectivity index (χ0n) is 10.5. The van der Waals surface area contributed by atoms with Crippen LogP contribution in [0.3, 0.4) is 0 Å². The average Bonchev–Trinajstić information content (AvgIpc) is 2.28. The Labute approximate surface area is 102 Å². The summed E-state index contributed by atoms with van der Waals surface area (Å²) < 4.78 is 5.52. The first-order valence-electron chi connectivity index (χ1n) is 5.67. The number of carbonyl (C=O) groups excluding carboxylic acids is 1. The van der Waals surface area contributed by atoms with E-state index in [-0.39, 0.29) is 18.6 Å². The zero-order valence-corrected chi connectivity index (χ0v) is 10.5. The molecule has 0 unspecified atom stereocenters. The Hall–Kier alpha value is -1.55. The molecule has 4 heteroatoms. The number of likely N-dealkylation sites (N-methyl/N-ethyl adjacent to an activating group) is 1. The standard InChI is InChI=1S/C13H19NO3/c1-10(2)17-12-6-4-5-11(9-12)13(16)14(3)7-8-15/h4-6,9-10,15H,7-8H2,1-3H3. The summed E-state index contributed by atoms with van der Waals surface area (Å²) in [5.41, 5.74) is 0.569. The molecule has 1 amide bonds. The summed E-state index contributed by atoms with van der Waals surface area (Å²) in [6.07, 6.45) is 0.0792. The van der Waals surface area contributed by atoms with Gasteiger partial charge in [-0.05, 0) is 32.0 Å². The van der Waals surface area contributed by atoms with Gasteiger partial charge < -0.3 is 14.7 Å². The summed E-state index contributed by atoms with van der Waals surface area (Å²) in [7, 11) is 1.66. The van der Waals surface area contributed by atoms with Crippen molar-refractivity contribution < 1.29 is 14.6 Å². The Morgan fingerprint density at radius 3 is 2.76 bits per heavy atom. The van der Waals surface area contributed by atoms with E-state index in [9.17, 15) is 4.79 Å². The lowest BCUT2D eigenvalue weighted by molar-refractivity contribution is 0.0766. The molecular weight excluding hydrogens is 218 g/mol. The highest BCUT2D eigenvalue weighted by Gasteiger charge is 2.11. The molecular formula is C13H19NO3. The maximum absolute atomic E-state index is 11.9.